The summed E-state index contributed by atoms with van der Waals surface area (Å²) in [5.74, 6) is 0. The van der Waals surface area contributed by atoms with Crippen molar-refractivity contribution < 1.29 is 9.66 Å². The van der Waals surface area contributed by atoms with Crippen molar-refractivity contribution in [3.8, 4) is 0 Å². The summed E-state index contributed by atoms with van der Waals surface area (Å²) in [5, 5.41) is 11.2. The lowest BCUT2D eigenvalue weighted by Gasteiger charge is -2.28. The highest BCUT2D eigenvalue weighted by Crippen LogP contribution is 2.31. The number of aromatic nitrogens is 2. The van der Waals surface area contributed by atoms with E-state index < -0.39 is 16.0 Å². The number of nitro groups is 1. The van der Waals surface area contributed by atoms with E-state index in [1.54, 1.807) is 0 Å². The summed E-state index contributed by atoms with van der Waals surface area (Å²) in [5.41, 5.74) is -0.763. The monoisotopic (exact) mass is 292 g/mol. The van der Waals surface area contributed by atoms with Gasteiger partial charge in [0.05, 0.1) is 29.2 Å². The smallest absolute Gasteiger partial charge is 0.314 e. The zero-order chi connectivity index (χ0) is 15.0. The normalized spacial score (nSPS) is 15.3. The molecular formula is C12H12N4O5. The first-order valence-electron chi connectivity index (χ1n) is 6.34. The first-order chi connectivity index (χ1) is 10.1. The van der Waals surface area contributed by atoms with Crippen LogP contribution in [-0.4, -0.2) is 41.2 Å². The van der Waals surface area contributed by atoms with Crippen molar-refractivity contribution in [2.24, 2.45) is 0 Å². The van der Waals surface area contributed by atoms with E-state index >= 15 is 0 Å². The van der Waals surface area contributed by atoms with Gasteiger partial charge in [-0.05, 0) is 6.07 Å². The molecule has 9 nitrogen and oxygen atoms in total. The van der Waals surface area contributed by atoms with Gasteiger partial charge in [-0.1, -0.05) is 0 Å². The predicted octanol–water partition coefficient (Wildman–Crippen LogP) is -0.0388. The topological polar surface area (TPSA) is 121 Å². The van der Waals surface area contributed by atoms with Crippen LogP contribution in [0.3, 0.4) is 0 Å². The fraction of sp³-hybridized carbons (Fsp3) is 0.333. The molecule has 0 bridgehead atoms. The molecule has 1 aromatic carbocycles. The molecule has 2 aromatic rings. The minimum atomic E-state index is -0.837. The molecule has 110 valence electrons. The van der Waals surface area contributed by atoms with Crippen molar-refractivity contribution in [2.45, 2.75) is 0 Å². The van der Waals surface area contributed by atoms with Gasteiger partial charge < -0.3 is 19.6 Å². The van der Waals surface area contributed by atoms with Crippen LogP contribution in [0.5, 0.6) is 0 Å². The molecule has 1 saturated heterocycles. The summed E-state index contributed by atoms with van der Waals surface area (Å²) in [4.78, 5) is 40.0. The molecule has 2 heterocycles. The third kappa shape index (κ3) is 2.38. The van der Waals surface area contributed by atoms with Gasteiger partial charge in [-0.2, -0.15) is 0 Å². The molecule has 0 saturated carbocycles. The van der Waals surface area contributed by atoms with Crippen molar-refractivity contribution in [1.29, 1.82) is 0 Å². The first kappa shape index (κ1) is 13.3. The summed E-state index contributed by atoms with van der Waals surface area (Å²) in [6, 6.07) is 2.77. The minimum Gasteiger partial charge on any atom is -0.378 e. The fourth-order valence-electron chi connectivity index (χ4n) is 2.35. The number of nitrogens with one attached hydrogen (secondary N) is 2. The number of aromatic amines is 2. The Kier molecular flexibility index (Phi) is 3.18. The Labute approximate surface area is 117 Å². The van der Waals surface area contributed by atoms with Gasteiger partial charge in [0.2, 0.25) is 0 Å². The Hall–Kier alpha value is -2.68. The van der Waals surface area contributed by atoms with E-state index in [0.717, 1.165) is 0 Å². The maximum atomic E-state index is 11.4. The second-order valence-electron chi connectivity index (χ2n) is 4.65. The van der Waals surface area contributed by atoms with Crippen LogP contribution >= 0.6 is 0 Å². The van der Waals surface area contributed by atoms with Crippen LogP contribution < -0.4 is 16.0 Å². The molecular weight excluding hydrogens is 280 g/mol. The number of H-pyrrole nitrogens is 2. The number of rotatable bonds is 2. The molecule has 0 aliphatic carbocycles. The molecule has 0 amide bonds. The van der Waals surface area contributed by atoms with Gasteiger partial charge in [0.25, 0.3) is 5.69 Å². The Bertz CT molecular complexity index is 818. The molecule has 1 fully saturated rings. The zero-order valence-electron chi connectivity index (χ0n) is 10.9. The highest BCUT2D eigenvalue weighted by molar-refractivity contribution is 5.84. The summed E-state index contributed by atoms with van der Waals surface area (Å²) in [6.45, 7) is 2.02. The SMILES string of the molecule is O=c1[nH]c2cc(N3CCOCC3)c([N+](=O)[O-])cc2[nH]c1=O. The third-order valence-electron chi connectivity index (χ3n) is 3.37. The molecule has 2 N–H and O–H groups in total. The molecule has 1 aromatic heterocycles. The van der Waals surface area contributed by atoms with E-state index in [9.17, 15) is 19.7 Å². The van der Waals surface area contributed by atoms with E-state index in [1.165, 1.54) is 12.1 Å². The molecule has 0 atom stereocenters. The van der Waals surface area contributed by atoms with Crippen molar-refractivity contribution in [3.63, 3.8) is 0 Å². The predicted molar refractivity (Wildman–Crippen MR) is 74.9 cm³/mol. The number of nitro benzene ring substituents is 1. The molecule has 1 aliphatic rings. The maximum absolute atomic E-state index is 11.4. The largest absolute Gasteiger partial charge is 0.378 e. The molecule has 0 unspecified atom stereocenters. The summed E-state index contributed by atoms with van der Waals surface area (Å²) in [7, 11) is 0. The summed E-state index contributed by atoms with van der Waals surface area (Å²) >= 11 is 0. The molecule has 1 aliphatic heterocycles. The van der Waals surface area contributed by atoms with Gasteiger partial charge in [-0.25, -0.2) is 0 Å². The van der Waals surface area contributed by atoms with Crippen LogP contribution in [0.1, 0.15) is 0 Å². The van der Waals surface area contributed by atoms with E-state index in [1.807, 2.05) is 4.90 Å². The molecule has 0 radical (unpaired) electrons. The highest BCUT2D eigenvalue weighted by atomic mass is 16.6. The standard InChI is InChI=1S/C12H12N4O5/c17-11-12(18)14-8-6-10(16(19)20)9(5-7(8)13-11)15-1-3-21-4-2-15/h5-6H,1-4H2,(H,13,17)(H,14,18). The fourth-order valence-corrected chi connectivity index (χ4v) is 2.35. The van der Waals surface area contributed by atoms with Crippen molar-refractivity contribution >= 4 is 22.4 Å². The van der Waals surface area contributed by atoms with Gasteiger partial charge in [-0.15, -0.1) is 0 Å². The van der Waals surface area contributed by atoms with Gasteiger partial charge >= 0.3 is 11.1 Å². The molecule has 3 rings (SSSR count). The lowest BCUT2D eigenvalue weighted by Crippen LogP contribution is -2.36. The lowest BCUT2D eigenvalue weighted by atomic mass is 10.2. The quantitative estimate of drug-likeness (QED) is 0.455. The summed E-state index contributed by atoms with van der Waals surface area (Å²) in [6.07, 6.45) is 0. The number of hydrogen-bond acceptors (Lipinski definition) is 6. The first-order valence-corrected chi connectivity index (χ1v) is 6.34. The number of nitrogens with zero attached hydrogens (tertiary/aromatic N) is 2. The van der Waals surface area contributed by atoms with E-state index in [4.69, 9.17) is 4.74 Å². The average molecular weight is 292 g/mol. The second kappa shape index (κ2) is 5.02. The Morgan fingerprint density at radius 2 is 1.67 bits per heavy atom. The maximum Gasteiger partial charge on any atom is 0.314 e. The average Bonchev–Trinajstić information content (AvgIpc) is 2.48. The van der Waals surface area contributed by atoms with Crippen molar-refractivity contribution in [1.82, 2.24) is 9.97 Å². The van der Waals surface area contributed by atoms with E-state index in [0.29, 0.717) is 37.5 Å². The highest BCUT2D eigenvalue weighted by Gasteiger charge is 2.23. The van der Waals surface area contributed by atoms with Gasteiger partial charge in [-0.3, -0.25) is 19.7 Å². The molecule has 21 heavy (non-hydrogen) atoms. The second-order valence-corrected chi connectivity index (χ2v) is 4.65. The van der Waals surface area contributed by atoms with Crippen molar-refractivity contribution in [2.75, 3.05) is 31.2 Å². The molecule has 0 spiro atoms. The summed E-state index contributed by atoms with van der Waals surface area (Å²) < 4.78 is 5.23. The number of fused-ring (bicyclic) bond motifs is 1. The number of benzene rings is 1. The lowest BCUT2D eigenvalue weighted by molar-refractivity contribution is -0.384. The Balaban J connectivity index is 2.23. The van der Waals surface area contributed by atoms with Gasteiger partial charge in [0, 0.05) is 19.2 Å². The van der Waals surface area contributed by atoms with E-state index in [2.05, 4.69) is 9.97 Å². The van der Waals surface area contributed by atoms with Crippen LogP contribution in [0.4, 0.5) is 11.4 Å². The number of ether oxygens (including phenoxy) is 1. The molecule has 9 heteroatoms. The number of hydrogen-bond donors (Lipinski definition) is 2. The minimum absolute atomic E-state index is 0.118. The van der Waals surface area contributed by atoms with Gasteiger partial charge in [0.1, 0.15) is 5.69 Å². The van der Waals surface area contributed by atoms with E-state index in [-0.39, 0.29) is 11.2 Å². The van der Waals surface area contributed by atoms with Gasteiger partial charge in [0.15, 0.2) is 0 Å². The van der Waals surface area contributed by atoms with Crippen LogP contribution in [0.2, 0.25) is 0 Å². The van der Waals surface area contributed by atoms with Crippen LogP contribution in [0.15, 0.2) is 21.7 Å². The van der Waals surface area contributed by atoms with Crippen LogP contribution in [0.25, 0.3) is 11.0 Å². The Morgan fingerprint density at radius 3 is 2.24 bits per heavy atom. The van der Waals surface area contributed by atoms with Crippen LogP contribution in [0, 0.1) is 10.1 Å². The zero-order valence-corrected chi connectivity index (χ0v) is 10.9. The number of anilines is 1. The van der Waals surface area contributed by atoms with Crippen molar-refractivity contribution in [3.05, 3.63) is 43.0 Å². The van der Waals surface area contributed by atoms with Crippen LogP contribution in [-0.2, 0) is 4.74 Å². The number of morpholine rings is 1. The third-order valence-corrected chi connectivity index (χ3v) is 3.37. The Morgan fingerprint density at radius 1 is 1.10 bits per heavy atom.